The molecule has 0 aliphatic rings. The molecule has 0 amide bonds. The Hall–Kier alpha value is -1.61. The van der Waals surface area contributed by atoms with Crippen LogP contribution in [0.3, 0.4) is 0 Å². The number of aliphatic hydroxyl groups is 1. The molecule has 0 saturated heterocycles. The second kappa shape index (κ2) is 25.4. The van der Waals surface area contributed by atoms with Crippen molar-refractivity contribution < 1.29 is 45.7 Å². The zero-order chi connectivity index (χ0) is 21.6. The predicted molar refractivity (Wildman–Crippen MR) is 95.4 cm³/mol. The number of ether oxygens (including phenoxy) is 1. The van der Waals surface area contributed by atoms with Gasteiger partial charge in [-0.15, -0.1) is 0 Å². The average molecular weight is 428 g/mol. The van der Waals surface area contributed by atoms with Crippen molar-refractivity contribution in [1.29, 1.82) is 0 Å². The van der Waals surface area contributed by atoms with Crippen molar-refractivity contribution in [3.63, 3.8) is 0 Å². The quantitative estimate of drug-likeness (QED) is 0.252. The van der Waals surface area contributed by atoms with Crippen molar-refractivity contribution in [2.75, 3.05) is 0 Å². The van der Waals surface area contributed by atoms with E-state index >= 15 is 0 Å². The summed E-state index contributed by atoms with van der Waals surface area (Å²) < 4.78 is 27.6. The molecule has 3 radical (unpaired) electrons. The van der Waals surface area contributed by atoms with Gasteiger partial charge in [0.2, 0.25) is 0 Å². The Labute approximate surface area is 178 Å². The molecular formula is C21H24FeO6-. The van der Waals surface area contributed by atoms with Crippen molar-refractivity contribution in [1.82, 2.24) is 0 Å². The van der Waals surface area contributed by atoms with E-state index in [4.69, 9.17) is 18.7 Å². The Morgan fingerprint density at radius 1 is 1.14 bits per heavy atom. The largest absolute Gasteiger partial charge is 0 e. The molecule has 153 valence electrons. The molecule has 6 nitrogen and oxygen atoms in total. The molecule has 0 aromatic heterocycles. The minimum absolute atomic E-state index is 0. The minimum Gasteiger partial charge on any atom is 0 e. The first kappa shape index (κ1) is 33.9. The van der Waals surface area contributed by atoms with Crippen LogP contribution >= 0.6 is 0 Å². The van der Waals surface area contributed by atoms with Gasteiger partial charge in [-0.05, 0) is 38.2 Å². The fourth-order valence-corrected chi connectivity index (χ4v) is 2.12. The van der Waals surface area contributed by atoms with E-state index in [2.05, 4.69) is 26.9 Å². The maximum absolute atomic E-state index is 10.5. The van der Waals surface area contributed by atoms with Crippen molar-refractivity contribution >= 4 is 6.47 Å². The first-order valence-corrected chi connectivity index (χ1v) is 8.03. The van der Waals surface area contributed by atoms with Gasteiger partial charge in [0.15, 0.2) is 0 Å². The molecule has 28 heavy (non-hydrogen) atoms. The van der Waals surface area contributed by atoms with Crippen LogP contribution in [0.1, 0.15) is 51.2 Å². The van der Waals surface area contributed by atoms with Gasteiger partial charge in [0.05, 0.1) is 11.7 Å². The van der Waals surface area contributed by atoms with Gasteiger partial charge in [0.1, 0.15) is 0 Å². The SMILES string of the molecule is CCCCC[C@](C)([CH][CH][CH][C@@H](O)c1ccccc1)O[C-]=O.[C-]#[O+].[C-]#[O+].[C-]#[O+].[Fe]. The summed E-state index contributed by atoms with van der Waals surface area (Å²) >= 11 is 0. The second-order valence-electron chi connectivity index (χ2n) is 5.36. The molecule has 0 unspecified atom stereocenters. The van der Waals surface area contributed by atoms with Crippen molar-refractivity contribution in [3.05, 3.63) is 75.1 Å². The molecule has 0 bridgehead atoms. The fourth-order valence-electron chi connectivity index (χ4n) is 2.12. The van der Waals surface area contributed by atoms with Crippen LogP contribution in [0.4, 0.5) is 0 Å². The first-order chi connectivity index (χ1) is 13.1. The zero-order valence-corrected chi connectivity index (χ0v) is 17.0. The van der Waals surface area contributed by atoms with Gasteiger partial charge in [0, 0.05) is 23.5 Å². The fraction of sp³-hybridized carbons (Fsp3) is 0.381. The summed E-state index contributed by atoms with van der Waals surface area (Å²) in [7, 11) is 0. The smallest absolute Gasteiger partial charge is 0 e. The predicted octanol–water partition coefficient (Wildman–Crippen LogP) is 3.64. The standard InChI is InChI=1S/C18H24O3.3CO.Fe/c1-3-4-8-13-18(2,21-15-19)14-9-12-17(20)16-10-6-5-7-11-16;3*1-2;/h5-7,9-12,14,17,20H,3-4,8,13H2,1-2H3;;;;/q-1;;;;/t17-,18-;;;;/m1..../s1. The molecule has 7 heteroatoms. The maximum atomic E-state index is 10.5. The Morgan fingerprint density at radius 3 is 2.14 bits per heavy atom. The van der Waals surface area contributed by atoms with E-state index in [-0.39, 0.29) is 17.1 Å². The normalized spacial score (nSPS) is 11.6. The monoisotopic (exact) mass is 428 g/mol. The van der Waals surface area contributed by atoms with Crippen LogP contribution in [-0.2, 0) is 40.6 Å². The van der Waals surface area contributed by atoms with Gasteiger partial charge >= 0.3 is 33.9 Å². The number of hydrogen-bond acceptors (Lipinski definition) is 3. The minimum atomic E-state index is -0.664. The van der Waals surface area contributed by atoms with Crippen LogP contribution in [0.15, 0.2) is 30.3 Å². The van der Waals surface area contributed by atoms with Crippen LogP contribution in [0, 0.1) is 39.2 Å². The maximum Gasteiger partial charge on any atom is 0 e. The summed E-state index contributed by atoms with van der Waals surface area (Å²) in [5.74, 6) is 0. The zero-order valence-electron chi connectivity index (χ0n) is 15.9. The van der Waals surface area contributed by atoms with Crippen molar-refractivity contribution in [2.24, 2.45) is 0 Å². The third kappa shape index (κ3) is 17.8. The van der Waals surface area contributed by atoms with E-state index in [0.29, 0.717) is 0 Å². The van der Waals surface area contributed by atoms with E-state index in [1.54, 1.807) is 19.3 Å². The molecule has 1 aromatic rings. The van der Waals surface area contributed by atoms with Gasteiger partial charge in [-0.25, -0.2) is 0 Å². The van der Waals surface area contributed by atoms with Crippen LogP contribution in [0.5, 0.6) is 0 Å². The molecule has 2 atom stereocenters. The molecule has 0 saturated carbocycles. The van der Waals surface area contributed by atoms with Crippen molar-refractivity contribution in [2.45, 2.75) is 51.2 Å². The van der Waals surface area contributed by atoms with E-state index in [1.165, 1.54) is 6.47 Å². The van der Waals surface area contributed by atoms with E-state index in [9.17, 15) is 9.90 Å². The summed E-state index contributed by atoms with van der Waals surface area (Å²) in [5, 5.41) is 10.0. The Balaban J connectivity index is -0.000000374. The summed E-state index contributed by atoms with van der Waals surface area (Å²) in [5.41, 5.74) is 0.168. The molecule has 1 rings (SSSR count). The summed E-state index contributed by atoms with van der Waals surface area (Å²) in [6.45, 7) is 19.0. The average Bonchev–Trinajstić information content (AvgIpc) is 2.73. The third-order valence-corrected chi connectivity index (χ3v) is 3.43. The topological polar surface area (TPSA) is 106 Å². The van der Waals surface area contributed by atoms with Gasteiger partial charge < -0.3 is 14.6 Å². The first-order valence-electron chi connectivity index (χ1n) is 8.03. The summed E-state index contributed by atoms with van der Waals surface area (Å²) in [6.07, 6.45) is 8.53. The van der Waals surface area contributed by atoms with Crippen LogP contribution in [0.2, 0.25) is 0 Å². The molecule has 0 aliphatic carbocycles. The van der Waals surface area contributed by atoms with E-state index < -0.39 is 11.7 Å². The molecule has 0 spiro atoms. The molecular weight excluding hydrogens is 404 g/mol. The number of rotatable bonds is 11. The number of unbranched alkanes of at least 4 members (excludes halogenated alkanes) is 2. The molecule has 0 heterocycles. The van der Waals surface area contributed by atoms with Crippen LogP contribution in [0.25, 0.3) is 0 Å². The van der Waals surface area contributed by atoms with Crippen molar-refractivity contribution in [3.8, 4) is 0 Å². The molecule has 1 N–H and O–H groups in total. The Bertz CT molecular complexity index is 500. The molecule has 1 aromatic carbocycles. The van der Waals surface area contributed by atoms with Gasteiger partial charge in [-0.3, -0.25) is 0 Å². The van der Waals surface area contributed by atoms with Crippen LogP contribution in [-0.4, -0.2) is 17.2 Å². The molecule has 0 aliphatic heterocycles. The van der Waals surface area contributed by atoms with E-state index in [0.717, 1.165) is 31.2 Å². The van der Waals surface area contributed by atoms with Gasteiger partial charge in [-0.1, -0.05) is 56.6 Å². The molecule has 0 fully saturated rings. The number of benzene rings is 1. The summed E-state index contributed by atoms with van der Waals surface area (Å²) in [4.78, 5) is 10.5. The van der Waals surface area contributed by atoms with Gasteiger partial charge in [-0.2, -0.15) is 0 Å². The van der Waals surface area contributed by atoms with E-state index in [1.807, 2.05) is 37.3 Å². The Morgan fingerprint density at radius 2 is 1.68 bits per heavy atom. The number of carbonyl (C=O) groups excluding carboxylic acids is 1. The summed E-state index contributed by atoms with van der Waals surface area (Å²) in [6, 6.07) is 9.41. The Kier molecular flexibility index (Phi) is 30.8. The second-order valence-corrected chi connectivity index (χ2v) is 5.36. The van der Waals surface area contributed by atoms with Gasteiger partial charge in [0.25, 0.3) is 0 Å². The number of hydrogen-bond donors (Lipinski definition) is 1. The van der Waals surface area contributed by atoms with Crippen LogP contribution < -0.4 is 0 Å². The number of aliphatic hydroxyl groups excluding tert-OH is 1. The third-order valence-electron chi connectivity index (χ3n) is 3.43.